The van der Waals surface area contributed by atoms with Crippen LogP contribution in [0.15, 0.2) is 34.9 Å². The van der Waals surface area contributed by atoms with Gasteiger partial charge in [0.25, 0.3) is 0 Å². The van der Waals surface area contributed by atoms with Crippen LogP contribution in [0.3, 0.4) is 0 Å². The molecule has 1 atom stereocenters. The quantitative estimate of drug-likeness (QED) is 0.829. The summed E-state index contributed by atoms with van der Waals surface area (Å²) in [4.78, 5) is 28.1. The highest BCUT2D eigenvalue weighted by molar-refractivity contribution is 5.87. The number of hydrogen-bond acceptors (Lipinski definition) is 4. The van der Waals surface area contributed by atoms with Gasteiger partial charge in [0.2, 0.25) is 11.8 Å². The second-order valence-corrected chi connectivity index (χ2v) is 7.15. The molecule has 1 aromatic heterocycles. The summed E-state index contributed by atoms with van der Waals surface area (Å²) in [6.07, 6.45) is 2.00. The Hall–Kier alpha value is -2.70. The number of aromatic nitrogens is 1. The molecule has 0 aliphatic rings. The van der Waals surface area contributed by atoms with Gasteiger partial charge in [0, 0.05) is 23.9 Å². The van der Waals surface area contributed by atoms with Gasteiger partial charge < -0.3 is 15.1 Å². The number of rotatable bonds is 6. The summed E-state index contributed by atoms with van der Waals surface area (Å²) < 4.78 is 18.5. The molecule has 1 unspecified atom stereocenters. The van der Waals surface area contributed by atoms with Gasteiger partial charge in [-0.2, -0.15) is 0 Å². The average Bonchev–Trinajstić information content (AvgIpc) is 3.01. The molecular weight excluding hydrogens is 337 g/mol. The van der Waals surface area contributed by atoms with E-state index < -0.39 is 6.04 Å². The first kappa shape index (κ1) is 19.6. The minimum Gasteiger partial charge on any atom is -0.441 e. The molecule has 6 nitrogen and oxygen atoms in total. The van der Waals surface area contributed by atoms with Crippen molar-refractivity contribution in [3.63, 3.8) is 0 Å². The third-order valence-electron chi connectivity index (χ3n) is 3.52. The molecule has 0 radical (unpaired) electrons. The molecule has 0 aliphatic heterocycles. The lowest BCUT2D eigenvalue weighted by Crippen LogP contribution is -2.50. The molecular formula is C19H24FN3O3. The van der Waals surface area contributed by atoms with Crippen molar-refractivity contribution in [1.82, 2.24) is 15.6 Å². The first-order chi connectivity index (χ1) is 12.1. The molecule has 7 heteroatoms. The maximum Gasteiger partial charge on any atom is 0.242 e. The SMILES string of the molecule is CC(NC(=O)CCc1ncc(-c2ccc(F)cc2)o1)C(=O)NC(C)(C)C. The molecule has 2 amide bonds. The Bertz CT molecular complexity index is 763. The van der Waals surface area contributed by atoms with Crippen LogP contribution in [0.1, 0.15) is 40.0 Å². The standard InChI is InChI=1S/C19H24FN3O3/c1-12(18(25)23-19(2,3)4)22-16(24)9-10-17-21-11-15(26-17)13-5-7-14(20)8-6-13/h5-8,11-12H,9-10H2,1-4H3,(H,22,24)(H,23,25). The van der Waals surface area contributed by atoms with Gasteiger partial charge in [0.1, 0.15) is 11.9 Å². The van der Waals surface area contributed by atoms with Crippen molar-refractivity contribution in [3.05, 3.63) is 42.2 Å². The van der Waals surface area contributed by atoms with Crippen molar-refractivity contribution in [2.45, 2.75) is 52.1 Å². The Balaban J connectivity index is 1.84. The Kier molecular flexibility index (Phi) is 6.13. The molecule has 0 saturated heterocycles. The number of aryl methyl sites for hydroxylation is 1. The molecule has 2 N–H and O–H groups in total. The highest BCUT2D eigenvalue weighted by Gasteiger charge is 2.20. The number of nitrogens with one attached hydrogen (secondary N) is 2. The van der Waals surface area contributed by atoms with E-state index in [1.807, 2.05) is 20.8 Å². The van der Waals surface area contributed by atoms with E-state index >= 15 is 0 Å². The Morgan fingerprint density at radius 1 is 1.23 bits per heavy atom. The fourth-order valence-corrected chi connectivity index (χ4v) is 2.25. The van der Waals surface area contributed by atoms with Gasteiger partial charge in [-0.1, -0.05) is 0 Å². The molecule has 0 bridgehead atoms. The van der Waals surface area contributed by atoms with Crippen LogP contribution in [0.2, 0.25) is 0 Å². The number of carbonyl (C=O) groups is 2. The third kappa shape index (κ3) is 5.98. The van der Waals surface area contributed by atoms with E-state index in [-0.39, 0.29) is 29.6 Å². The number of hydrogen-bond donors (Lipinski definition) is 2. The van der Waals surface area contributed by atoms with Crippen LogP contribution in [-0.2, 0) is 16.0 Å². The molecule has 140 valence electrons. The van der Waals surface area contributed by atoms with Gasteiger partial charge in [0.15, 0.2) is 11.7 Å². The lowest BCUT2D eigenvalue weighted by molar-refractivity contribution is -0.129. The smallest absolute Gasteiger partial charge is 0.242 e. The number of oxazole rings is 1. The summed E-state index contributed by atoms with van der Waals surface area (Å²) in [6.45, 7) is 7.26. The van der Waals surface area contributed by atoms with E-state index in [1.54, 1.807) is 25.3 Å². The Morgan fingerprint density at radius 2 is 1.88 bits per heavy atom. The fraction of sp³-hybridized carbons (Fsp3) is 0.421. The topological polar surface area (TPSA) is 84.2 Å². The minimum absolute atomic E-state index is 0.149. The summed E-state index contributed by atoms with van der Waals surface area (Å²) in [5.41, 5.74) is 0.354. The first-order valence-corrected chi connectivity index (χ1v) is 8.46. The van der Waals surface area contributed by atoms with Gasteiger partial charge in [-0.05, 0) is 52.0 Å². The lowest BCUT2D eigenvalue weighted by Gasteiger charge is -2.23. The minimum atomic E-state index is -0.624. The van der Waals surface area contributed by atoms with Crippen LogP contribution in [0, 0.1) is 5.82 Å². The Labute approximate surface area is 152 Å². The van der Waals surface area contributed by atoms with Gasteiger partial charge in [-0.25, -0.2) is 9.37 Å². The number of carbonyl (C=O) groups excluding carboxylic acids is 2. The summed E-state index contributed by atoms with van der Waals surface area (Å²) >= 11 is 0. The predicted molar refractivity (Wildman–Crippen MR) is 95.7 cm³/mol. The van der Waals surface area contributed by atoms with E-state index in [9.17, 15) is 14.0 Å². The zero-order valence-electron chi connectivity index (χ0n) is 15.4. The largest absolute Gasteiger partial charge is 0.441 e. The number of nitrogens with zero attached hydrogens (tertiary/aromatic N) is 1. The monoisotopic (exact) mass is 361 g/mol. The van der Waals surface area contributed by atoms with Crippen molar-refractivity contribution < 1.29 is 18.4 Å². The highest BCUT2D eigenvalue weighted by Crippen LogP contribution is 2.21. The predicted octanol–water partition coefficient (Wildman–Crippen LogP) is 2.83. The van der Waals surface area contributed by atoms with E-state index in [2.05, 4.69) is 15.6 Å². The van der Waals surface area contributed by atoms with E-state index in [1.165, 1.54) is 12.1 Å². The second kappa shape index (κ2) is 8.12. The Morgan fingerprint density at radius 3 is 2.50 bits per heavy atom. The van der Waals surface area contributed by atoms with Gasteiger partial charge in [-0.3, -0.25) is 9.59 Å². The van der Waals surface area contributed by atoms with Crippen molar-refractivity contribution >= 4 is 11.8 Å². The maximum atomic E-state index is 12.9. The van der Waals surface area contributed by atoms with Crippen LogP contribution >= 0.6 is 0 Å². The molecule has 1 heterocycles. The van der Waals surface area contributed by atoms with Crippen molar-refractivity contribution in [3.8, 4) is 11.3 Å². The third-order valence-corrected chi connectivity index (χ3v) is 3.52. The highest BCUT2D eigenvalue weighted by atomic mass is 19.1. The molecule has 0 spiro atoms. The number of amides is 2. The summed E-state index contributed by atoms with van der Waals surface area (Å²) in [7, 11) is 0. The zero-order valence-corrected chi connectivity index (χ0v) is 15.4. The summed E-state index contributed by atoms with van der Waals surface area (Å²) in [5.74, 6) is 0.100. The summed E-state index contributed by atoms with van der Waals surface area (Å²) in [5, 5.41) is 5.47. The van der Waals surface area contributed by atoms with Gasteiger partial charge in [-0.15, -0.1) is 0 Å². The van der Waals surface area contributed by atoms with Gasteiger partial charge >= 0.3 is 0 Å². The maximum absolute atomic E-state index is 12.9. The van der Waals surface area contributed by atoms with E-state index in [0.29, 0.717) is 23.6 Å². The van der Waals surface area contributed by atoms with E-state index in [0.717, 1.165) is 0 Å². The van der Waals surface area contributed by atoms with E-state index in [4.69, 9.17) is 4.42 Å². The normalized spacial score (nSPS) is 12.5. The van der Waals surface area contributed by atoms with Crippen LogP contribution in [0.4, 0.5) is 4.39 Å². The lowest BCUT2D eigenvalue weighted by atomic mass is 10.1. The molecule has 0 fully saturated rings. The molecule has 2 aromatic rings. The van der Waals surface area contributed by atoms with Crippen molar-refractivity contribution in [1.29, 1.82) is 0 Å². The molecule has 1 aromatic carbocycles. The fourth-order valence-electron chi connectivity index (χ4n) is 2.25. The van der Waals surface area contributed by atoms with Crippen molar-refractivity contribution in [2.24, 2.45) is 0 Å². The van der Waals surface area contributed by atoms with Crippen molar-refractivity contribution in [2.75, 3.05) is 0 Å². The second-order valence-electron chi connectivity index (χ2n) is 7.15. The zero-order chi connectivity index (χ0) is 19.3. The molecule has 26 heavy (non-hydrogen) atoms. The first-order valence-electron chi connectivity index (χ1n) is 8.46. The van der Waals surface area contributed by atoms with Crippen LogP contribution in [0.5, 0.6) is 0 Å². The summed E-state index contributed by atoms with van der Waals surface area (Å²) in [6, 6.07) is 5.26. The average molecular weight is 361 g/mol. The van der Waals surface area contributed by atoms with Crippen LogP contribution in [-0.4, -0.2) is 28.4 Å². The van der Waals surface area contributed by atoms with Crippen LogP contribution in [0.25, 0.3) is 11.3 Å². The number of halogens is 1. The number of benzene rings is 1. The molecule has 0 saturated carbocycles. The molecule has 0 aliphatic carbocycles. The molecule has 2 rings (SSSR count). The van der Waals surface area contributed by atoms with Gasteiger partial charge in [0.05, 0.1) is 6.20 Å². The van der Waals surface area contributed by atoms with Crippen LogP contribution < -0.4 is 10.6 Å².